The van der Waals surface area contributed by atoms with Gasteiger partial charge in [-0.05, 0) is 46.6 Å². The molecule has 1 amide bonds. The first-order valence-electron chi connectivity index (χ1n) is 7.79. The van der Waals surface area contributed by atoms with Crippen molar-refractivity contribution < 1.29 is 9.53 Å². The van der Waals surface area contributed by atoms with E-state index in [4.69, 9.17) is 10.5 Å². The van der Waals surface area contributed by atoms with E-state index in [2.05, 4.69) is 17.1 Å². The zero-order valence-corrected chi connectivity index (χ0v) is 13.4. The summed E-state index contributed by atoms with van der Waals surface area (Å²) in [5.74, 6) is -0.264. The summed E-state index contributed by atoms with van der Waals surface area (Å²) < 4.78 is 5.67. The molecule has 5 heteroatoms. The van der Waals surface area contributed by atoms with E-state index >= 15 is 0 Å². The van der Waals surface area contributed by atoms with E-state index in [1.54, 1.807) is 0 Å². The fraction of sp³-hybridized carbons (Fsp3) is 0.933. The average molecular weight is 285 g/mol. The molecule has 2 atom stereocenters. The van der Waals surface area contributed by atoms with E-state index < -0.39 is 5.54 Å². The summed E-state index contributed by atoms with van der Waals surface area (Å²) in [4.78, 5) is 14.1. The molecule has 0 saturated carbocycles. The van der Waals surface area contributed by atoms with Crippen molar-refractivity contribution >= 4 is 5.91 Å². The molecule has 0 spiro atoms. The van der Waals surface area contributed by atoms with Gasteiger partial charge in [-0.3, -0.25) is 9.69 Å². The Balaban J connectivity index is 2.38. The van der Waals surface area contributed by atoms with Crippen LogP contribution in [0.15, 0.2) is 0 Å². The minimum Gasteiger partial charge on any atom is -0.376 e. The molecule has 1 saturated heterocycles. The average Bonchev–Trinajstić information content (AvgIpc) is 2.38. The van der Waals surface area contributed by atoms with E-state index in [-0.39, 0.29) is 11.9 Å². The summed E-state index contributed by atoms with van der Waals surface area (Å²) in [5, 5.41) is 3.30. The molecule has 1 fully saturated rings. The lowest BCUT2D eigenvalue weighted by Gasteiger charge is -2.34. The van der Waals surface area contributed by atoms with Crippen LogP contribution in [0.25, 0.3) is 0 Å². The number of rotatable bonds is 8. The maximum absolute atomic E-state index is 11.7. The van der Waals surface area contributed by atoms with Crippen LogP contribution in [0.5, 0.6) is 0 Å². The van der Waals surface area contributed by atoms with Crippen molar-refractivity contribution in [2.45, 2.75) is 64.6 Å². The third-order valence-corrected chi connectivity index (χ3v) is 3.98. The molecule has 118 valence electrons. The number of nitrogens with zero attached hydrogens (tertiary/aromatic N) is 1. The topological polar surface area (TPSA) is 67.6 Å². The number of ether oxygens (including phenoxy) is 1. The predicted octanol–water partition coefficient (Wildman–Crippen LogP) is 1.12. The van der Waals surface area contributed by atoms with Crippen LogP contribution in [0.3, 0.4) is 0 Å². The monoisotopic (exact) mass is 285 g/mol. The highest BCUT2D eigenvalue weighted by atomic mass is 16.5. The Labute approximate surface area is 123 Å². The summed E-state index contributed by atoms with van der Waals surface area (Å²) in [6, 6.07) is 0.250. The SMILES string of the molecule is CCC1CN(CCCC(C)(NC(C)C)C(N)=O)CCO1. The molecular formula is C15H31N3O2. The van der Waals surface area contributed by atoms with Crippen LogP contribution < -0.4 is 11.1 Å². The van der Waals surface area contributed by atoms with Crippen LogP contribution in [0.2, 0.25) is 0 Å². The van der Waals surface area contributed by atoms with Crippen LogP contribution >= 0.6 is 0 Å². The van der Waals surface area contributed by atoms with E-state index in [0.717, 1.165) is 45.5 Å². The minimum atomic E-state index is -0.607. The molecule has 0 aromatic rings. The van der Waals surface area contributed by atoms with Crippen molar-refractivity contribution in [2.24, 2.45) is 5.73 Å². The van der Waals surface area contributed by atoms with E-state index in [1.807, 2.05) is 20.8 Å². The van der Waals surface area contributed by atoms with Gasteiger partial charge in [0.25, 0.3) is 0 Å². The number of nitrogens with one attached hydrogen (secondary N) is 1. The molecule has 2 unspecified atom stereocenters. The fourth-order valence-corrected chi connectivity index (χ4v) is 2.79. The summed E-state index contributed by atoms with van der Waals surface area (Å²) in [6.07, 6.45) is 3.16. The number of hydrogen-bond acceptors (Lipinski definition) is 4. The molecule has 5 nitrogen and oxygen atoms in total. The number of nitrogens with two attached hydrogens (primary N) is 1. The number of primary amides is 1. The highest BCUT2D eigenvalue weighted by Crippen LogP contribution is 2.15. The van der Waals surface area contributed by atoms with Crippen molar-refractivity contribution in [1.82, 2.24) is 10.2 Å². The highest BCUT2D eigenvalue weighted by Gasteiger charge is 2.31. The number of hydrogen-bond donors (Lipinski definition) is 2. The van der Waals surface area contributed by atoms with Gasteiger partial charge in [-0.2, -0.15) is 0 Å². The molecule has 0 bridgehead atoms. The standard InChI is InChI=1S/C15H31N3O2/c1-5-13-11-18(9-10-20-13)8-6-7-15(4,14(16)19)17-12(2)3/h12-13,17H,5-11H2,1-4H3,(H2,16,19). The lowest BCUT2D eigenvalue weighted by Crippen LogP contribution is -2.55. The second-order valence-corrected chi connectivity index (χ2v) is 6.30. The Morgan fingerprint density at radius 3 is 2.80 bits per heavy atom. The second-order valence-electron chi connectivity index (χ2n) is 6.30. The summed E-state index contributed by atoms with van der Waals surface area (Å²) >= 11 is 0. The lowest BCUT2D eigenvalue weighted by molar-refractivity contribution is -0.124. The summed E-state index contributed by atoms with van der Waals surface area (Å²) in [6.45, 7) is 11.9. The molecular weight excluding hydrogens is 254 g/mol. The Kier molecular flexibility index (Phi) is 6.92. The molecule has 1 aliphatic rings. The minimum absolute atomic E-state index is 0.250. The van der Waals surface area contributed by atoms with Crippen LogP contribution in [-0.4, -0.2) is 54.7 Å². The smallest absolute Gasteiger partial charge is 0.237 e. The fourth-order valence-electron chi connectivity index (χ4n) is 2.79. The molecule has 3 N–H and O–H groups in total. The zero-order chi connectivity index (χ0) is 15.2. The first-order chi connectivity index (χ1) is 9.37. The second kappa shape index (κ2) is 7.96. The van der Waals surface area contributed by atoms with Gasteiger partial charge in [-0.25, -0.2) is 0 Å². The van der Waals surface area contributed by atoms with Crippen molar-refractivity contribution in [2.75, 3.05) is 26.2 Å². The zero-order valence-electron chi connectivity index (χ0n) is 13.4. The van der Waals surface area contributed by atoms with Crippen LogP contribution in [0.4, 0.5) is 0 Å². The molecule has 0 aliphatic carbocycles. The van der Waals surface area contributed by atoms with Crippen LogP contribution in [0, 0.1) is 0 Å². The molecule has 1 rings (SSSR count). The number of amides is 1. The van der Waals surface area contributed by atoms with Crippen molar-refractivity contribution in [3.05, 3.63) is 0 Å². The number of morpholine rings is 1. The molecule has 1 heterocycles. The lowest BCUT2D eigenvalue weighted by atomic mass is 9.93. The van der Waals surface area contributed by atoms with Gasteiger partial charge < -0.3 is 15.8 Å². The van der Waals surface area contributed by atoms with Gasteiger partial charge in [0.1, 0.15) is 0 Å². The largest absolute Gasteiger partial charge is 0.376 e. The Morgan fingerprint density at radius 2 is 2.25 bits per heavy atom. The van der Waals surface area contributed by atoms with E-state index in [9.17, 15) is 4.79 Å². The first-order valence-corrected chi connectivity index (χ1v) is 7.79. The third-order valence-electron chi connectivity index (χ3n) is 3.98. The Hall–Kier alpha value is -0.650. The third kappa shape index (κ3) is 5.38. The van der Waals surface area contributed by atoms with Crippen molar-refractivity contribution in [3.8, 4) is 0 Å². The molecule has 0 aromatic heterocycles. The number of carbonyl (C=O) groups is 1. The number of carbonyl (C=O) groups excluding carboxylic acids is 1. The van der Waals surface area contributed by atoms with Gasteiger partial charge in [0.05, 0.1) is 18.2 Å². The first kappa shape index (κ1) is 17.4. The van der Waals surface area contributed by atoms with Gasteiger partial charge in [-0.1, -0.05) is 6.92 Å². The normalized spacial score (nSPS) is 23.8. The van der Waals surface area contributed by atoms with Gasteiger partial charge >= 0.3 is 0 Å². The van der Waals surface area contributed by atoms with Crippen molar-refractivity contribution in [1.29, 1.82) is 0 Å². The van der Waals surface area contributed by atoms with Crippen molar-refractivity contribution in [3.63, 3.8) is 0 Å². The molecule has 0 aromatic carbocycles. The van der Waals surface area contributed by atoms with E-state index in [0.29, 0.717) is 6.10 Å². The van der Waals surface area contributed by atoms with Crippen LogP contribution in [-0.2, 0) is 9.53 Å². The molecule has 0 radical (unpaired) electrons. The highest BCUT2D eigenvalue weighted by molar-refractivity contribution is 5.84. The molecule has 1 aliphatic heterocycles. The maximum Gasteiger partial charge on any atom is 0.237 e. The van der Waals surface area contributed by atoms with E-state index in [1.165, 1.54) is 0 Å². The molecule has 20 heavy (non-hydrogen) atoms. The Bertz CT molecular complexity index is 309. The maximum atomic E-state index is 11.7. The van der Waals surface area contributed by atoms with Gasteiger partial charge in [0.2, 0.25) is 5.91 Å². The van der Waals surface area contributed by atoms with Gasteiger partial charge in [0.15, 0.2) is 0 Å². The summed E-state index contributed by atoms with van der Waals surface area (Å²) in [7, 11) is 0. The quantitative estimate of drug-likeness (QED) is 0.701. The predicted molar refractivity (Wildman–Crippen MR) is 81.6 cm³/mol. The summed E-state index contributed by atoms with van der Waals surface area (Å²) in [5.41, 5.74) is 4.94. The van der Waals surface area contributed by atoms with Gasteiger partial charge in [-0.15, -0.1) is 0 Å². The van der Waals surface area contributed by atoms with Gasteiger partial charge in [0, 0.05) is 19.1 Å². The van der Waals surface area contributed by atoms with Crippen LogP contribution in [0.1, 0.15) is 47.0 Å². The Morgan fingerprint density at radius 1 is 1.55 bits per heavy atom.